The quantitative estimate of drug-likeness (QED) is 0.132. The van der Waals surface area contributed by atoms with Crippen LogP contribution in [0, 0.1) is 0 Å². The zero-order chi connectivity index (χ0) is 51.5. The highest BCUT2D eigenvalue weighted by atomic mass is 15.1. The normalized spacial score (nSPS) is 13.3. The number of rotatable bonds is 10. The standard InChI is InChI=1S/C76H55N/c1-75(2)69-37-21-20-35-65(69)66-46-44-60(50-71(66)75)77(73-48-43-57(52-23-8-3-9-24-52)49-68(73)54-27-12-5-13-28-54)61-45-47-67-72(51-61)76(58-29-14-6-15-30-58,59-31-16-7-17-32-59)70-38-22-36-64(74(67)70)56-41-39-55(40-42-56)63-34-19-18-33-62(63)53-25-10-4-11-26-53/h3-51H,1-2H3. The van der Waals surface area contributed by atoms with Gasteiger partial charge in [-0.05, 0) is 142 Å². The molecule has 0 bridgehead atoms. The van der Waals surface area contributed by atoms with Crippen molar-refractivity contribution >= 4 is 17.1 Å². The Morgan fingerprint density at radius 2 is 0.662 bits per heavy atom. The van der Waals surface area contributed by atoms with Gasteiger partial charge in [-0.25, -0.2) is 0 Å². The van der Waals surface area contributed by atoms with Crippen molar-refractivity contribution in [2.45, 2.75) is 24.7 Å². The maximum Gasteiger partial charge on any atom is 0.0714 e. The molecule has 0 saturated heterocycles. The number of hydrogen-bond donors (Lipinski definition) is 0. The van der Waals surface area contributed by atoms with Gasteiger partial charge in [-0.2, -0.15) is 0 Å². The lowest BCUT2D eigenvalue weighted by molar-refractivity contribution is 0.660. The third kappa shape index (κ3) is 7.53. The van der Waals surface area contributed by atoms with Crippen LogP contribution in [-0.4, -0.2) is 0 Å². The Bertz CT molecular complexity index is 4100. The molecule has 1 heteroatoms. The van der Waals surface area contributed by atoms with Crippen LogP contribution in [0.15, 0.2) is 297 Å². The number of nitrogens with zero attached hydrogens (tertiary/aromatic N) is 1. The van der Waals surface area contributed by atoms with Crippen LogP contribution in [0.2, 0.25) is 0 Å². The second kappa shape index (κ2) is 18.7. The van der Waals surface area contributed by atoms with Crippen molar-refractivity contribution in [3.63, 3.8) is 0 Å². The summed E-state index contributed by atoms with van der Waals surface area (Å²) in [6.45, 7) is 4.76. The molecule has 0 N–H and O–H groups in total. The number of fused-ring (bicyclic) bond motifs is 6. The van der Waals surface area contributed by atoms with E-state index in [4.69, 9.17) is 0 Å². The molecule has 1 nitrogen and oxygen atoms in total. The van der Waals surface area contributed by atoms with Gasteiger partial charge < -0.3 is 4.90 Å². The lowest BCUT2D eigenvalue weighted by atomic mass is 9.67. The van der Waals surface area contributed by atoms with E-state index >= 15 is 0 Å². The van der Waals surface area contributed by atoms with E-state index in [1.807, 2.05) is 0 Å². The molecule has 77 heavy (non-hydrogen) atoms. The molecule has 364 valence electrons. The van der Waals surface area contributed by atoms with Gasteiger partial charge in [-0.1, -0.05) is 275 Å². The smallest absolute Gasteiger partial charge is 0.0714 e. The largest absolute Gasteiger partial charge is 0.310 e. The summed E-state index contributed by atoms with van der Waals surface area (Å²) in [7, 11) is 0. The first-order chi connectivity index (χ1) is 38.0. The fraction of sp³-hybridized carbons (Fsp3) is 0.0526. The van der Waals surface area contributed by atoms with Crippen LogP contribution in [0.5, 0.6) is 0 Å². The summed E-state index contributed by atoms with van der Waals surface area (Å²) in [5.74, 6) is 0. The lowest BCUT2D eigenvalue weighted by Crippen LogP contribution is -2.28. The van der Waals surface area contributed by atoms with Crippen molar-refractivity contribution in [1.29, 1.82) is 0 Å². The molecule has 0 aliphatic heterocycles. The first-order valence-corrected chi connectivity index (χ1v) is 26.9. The SMILES string of the molecule is CC1(C)c2ccccc2-c2ccc(N(c3ccc4c(c3)C(c3ccccc3)(c3ccccc3)c3cccc(-c5ccc(-c6ccccc6-c6ccccc6)cc5)c3-4)c3ccc(-c4ccccc4)cc3-c3ccccc3)cc21. The Kier molecular flexibility index (Phi) is 11.2. The molecule has 0 aromatic heterocycles. The lowest BCUT2D eigenvalue weighted by Gasteiger charge is -2.35. The van der Waals surface area contributed by atoms with E-state index in [9.17, 15) is 0 Å². The van der Waals surface area contributed by atoms with Crippen LogP contribution in [0.25, 0.3) is 77.9 Å². The van der Waals surface area contributed by atoms with Crippen molar-refractivity contribution in [2.24, 2.45) is 0 Å². The second-order valence-corrected chi connectivity index (χ2v) is 21.1. The monoisotopic (exact) mass is 981 g/mol. The van der Waals surface area contributed by atoms with Gasteiger partial charge in [0, 0.05) is 22.4 Å². The first kappa shape index (κ1) is 46.0. The zero-order valence-corrected chi connectivity index (χ0v) is 43.2. The molecular weight excluding hydrogens is 927 g/mol. The highest BCUT2D eigenvalue weighted by Crippen LogP contribution is 2.60. The van der Waals surface area contributed by atoms with Gasteiger partial charge in [-0.15, -0.1) is 0 Å². The highest BCUT2D eigenvalue weighted by Gasteiger charge is 2.47. The Morgan fingerprint density at radius 3 is 1.26 bits per heavy atom. The van der Waals surface area contributed by atoms with E-state index in [1.54, 1.807) is 0 Å². The summed E-state index contributed by atoms with van der Waals surface area (Å²) in [6.07, 6.45) is 0. The fourth-order valence-electron chi connectivity index (χ4n) is 13.0. The molecule has 0 heterocycles. The van der Waals surface area contributed by atoms with Crippen molar-refractivity contribution < 1.29 is 0 Å². The van der Waals surface area contributed by atoms with E-state index in [-0.39, 0.29) is 5.41 Å². The molecular formula is C76H55N. The van der Waals surface area contributed by atoms with E-state index in [1.165, 1.54) is 100 Å². The Morgan fingerprint density at radius 1 is 0.247 bits per heavy atom. The van der Waals surface area contributed by atoms with E-state index in [2.05, 4.69) is 316 Å². The summed E-state index contributed by atoms with van der Waals surface area (Å²) in [5.41, 5.74) is 27.2. The third-order valence-corrected chi connectivity index (χ3v) is 16.6. The minimum Gasteiger partial charge on any atom is -0.310 e. The molecule has 0 fully saturated rings. The Labute approximate surface area is 452 Å². The van der Waals surface area contributed by atoms with Gasteiger partial charge in [0.05, 0.1) is 11.1 Å². The number of anilines is 3. The molecule has 0 unspecified atom stereocenters. The van der Waals surface area contributed by atoms with Crippen molar-refractivity contribution in [1.82, 2.24) is 0 Å². The zero-order valence-electron chi connectivity index (χ0n) is 43.2. The van der Waals surface area contributed by atoms with E-state index in [0.717, 1.165) is 28.2 Å². The summed E-state index contributed by atoms with van der Waals surface area (Å²) in [6, 6.07) is 110. The Hall–Kier alpha value is -9.56. The minimum atomic E-state index is -0.652. The van der Waals surface area contributed by atoms with Crippen molar-refractivity contribution in [3.05, 3.63) is 331 Å². The van der Waals surface area contributed by atoms with Crippen molar-refractivity contribution in [2.75, 3.05) is 4.90 Å². The topological polar surface area (TPSA) is 3.24 Å². The minimum absolute atomic E-state index is 0.192. The molecule has 0 radical (unpaired) electrons. The molecule has 12 aromatic rings. The molecule has 0 atom stereocenters. The van der Waals surface area contributed by atoms with E-state index in [0.29, 0.717) is 0 Å². The van der Waals surface area contributed by atoms with Crippen LogP contribution >= 0.6 is 0 Å². The van der Waals surface area contributed by atoms with Crippen molar-refractivity contribution in [3.8, 4) is 77.9 Å². The predicted octanol–water partition coefficient (Wildman–Crippen LogP) is 20.2. The molecule has 0 saturated carbocycles. The predicted molar refractivity (Wildman–Crippen MR) is 323 cm³/mol. The van der Waals surface area contributed by atoms with Crippen LogP contribution in [0.3, 0.4) is 0 Å². The van der Waals surface area contributed by atoms with Gasteiger partial charge in [-0.3, -0.25) is 0 Å². The average Bonchev–Trinajstić information content (AvgIpc) is 4.18. The van der Waals surface area contributed by atoms with Crippen LogP contribution in [0.4, 0.5) is 17.1 Å². The van der Waals surface area contributed by atoms with Gasteiger partial charge in [0.25, 0.3) is 0 Å². The number of benzene rings is 12. The Balaban J connectivity index is 1.01. The second-order valence-electron chi connectivity index (χ2n) is 21.1. The molecule has 2 aliphatic carbocycles. The van der Waals surface area contributed by atoms with Gasteiger partial charge in [0.2, 0.25) is 0 Å². The third-order valence-electron chi connectivity index (χ3n) is 16.6. The molecule has 2 aliphatic rings. The number of hydrogen-bond acceptors (Lipinski definition) is 1. The molecule has 0 amide bonds. The van der Waals surface area contributed by atoms with Crippen LogP contribution in [0.1, 0.15) is 47.2 Å². The first-order valence-electron chi connectivity index (χ1n) is 26.9. The van der Waals surface area contributed by atoms with Crippen LogP contribution in [-0.2, 0) is 10.8 Å². The maximum absolute atomic E-state index is 2.54. The van der Waals surface area contributed by atoms with Gasteiger partial charge in [0.15, 0.2) is 0 Å². The van der Waals surface area contributed by atoms with Gasteiger partial charge in [0.1, 0.15) is 0 Å². The summed E-state index contributed by atoms with van der Waals surface area (Å²) < 4.78 is 0. The molecule has 0 spiro atoms. The van der Waals surface area contributed by atoms with E-state index < -0.39 is 5.41 Å². The summed E-state index contributed by atoms with van der Waals surface area (Å²) in [4.78, 5) is 2.54. The van der Waals surface area contributed by atoms with Gasteiger partial charge >= 0.3 is 0 Å². The summed E-state index contributed by atoms with van der Waals surface area (Å²) in [5, 5.41) is 0. The maximum atomic E-state index is 2.54. The average molecular weight is 982 g/mol. The highest BCUT2D eigenvalue weighted by molar-refractivity contribution is 5.99. The molecule has 12 aromatic carbocycles. The summed E-state index contributed by atoms with van der Waals surface area (Å²) >= 11 is 0. The van der Waals surface area contributed by atoms with Crippen LogP contribution < -0.4 is 4.90 Å². The fourth-order valence-corrected chi connectivity index (χ4v) is 13.0. The molecule has 14 rings (SSSR count).